The molecular weight excluding hydrogens is 505 g/mol. The molecule has 1 saturated heterocycles. The Balaban J connectivity index is 1.66. The van der Waals surface area contributed by atoms with Crippen LogP contribution in [0.25, 0.3) is 5.69 Å². The minimum absolute atomic E-state index is 0.00144. The van der Waals surface area contributed by atoms with E-state index in [1.54, 1.807) is 13.2 Å². The normalized spacial score (nSPS) is 14.1. The van der Waals surface area contributed by atoms with Crippen LogP contribution in [0.15, 0.2) is 48.5 Å². The maximum atomic E-state index is 14.3. The number of methoxy groups -OCH3 is 1. The maximum absolute atomic E-state index is 14.3. The highest BCUT2D eigenvalue weighted by molar-refractivity contribution is 5.94. The number of carbonyl (C=O) groups is 1. The molecule has 8 heteroatoms. The molecule has 4 rings (SSSR count). The van der Waals surface area contributed by atoms with Gasteiger partial charge in [-0.05, 0) is 69.1 Å². The number of piperazine rings is 1. The third-order valence-electron chi connectivity index (χ3n) is 7.70. The van der Waals surface area contributed by atoms with Crippen molar-refractivity contribution in [3.63, 3.8) is 0 Å². The van der Waals surface area contributed by atoms with Gasteiger partial charge in [0.15, 0.2) is 0 Å². The van der Waals surface area contributed by atoms with Gasteiger partial charge in [-0.1, -0.05) is 38.0 Å². The molecule has 1 amide bonds. The van der Waals surface area contributed by atoms with E-state index < -0.39 is 0 Å². The molecule has 2 heterocycles. The van der Waals surface area contributed by atoms with Crippen molar-refractivity contribution in [2.45, 2.75) is 52.5 Å². The Morgan fingerprint density at radius 2 is 1.80 bits per heavy atom. The number of hydrogen-bond acceptors (Lipinski definition) is 5. The number of carbonyl (C=O) groups excluding carboxylic acids is 1. The van der Waals surface area contributed by atoms with Crippen LogP contribution in [0, 0.1) is 12.7 Å². The van der Waals surface area contributed by atoms with Crippen LogP contribution in [0.2, 0.25) is 0 Å². The number of benzene rings is 2. The lowest BCUT2D eigenvalue weighted by Gasteiger charge is -2.35. The van der Waals surface area contributed by atoms with Crippen LogP contribution in [-0.2, 0) is 17.7 Å². The Morgan fingerprint density at radius 1 is 1.05 bits per heavy atom. The van der Waals surface area contributed by atoms with Crippen LogP contribution in [0.4, 0.5) is 10.2 Å². The molecule has 3 aromatic rings. The van der Waals surface area contributed by atoms with E-state index in [0.29, 0.717) is 30.9 Å². The number of hydrogen-bond donors (Lipinski definition) is 0. The first-order valence-corrected chi connectivity index (χ1v) is 14.6. The molecule has 0 saturated carbocycles. The third kappa shape index (κ3) is 7.49. The standard InChI is InChI=1S/C32H44FN5O2/c1-5-6-7-10-26-13-15-27(16-14-26)32(39)37(17-9-22-40-4)24-30-25(2)34-38(29-12-8-11-28(33)23-29)31(30)36-20-18-35(3)19-21-36/h8,11-16,23H,5-7,9-10,17-22,24H2,1-4H3. The predicted octanol–water partition coefficient (Wildman–Crippen LogP) is 5.48. The van der Waals surface area contributed by atoms with Gasteiger partial charge in [0, 0.05) is 57.6 Å². The molecule has 0 atom stereocenters. The van der Waals surface area contributed by atoms with Gasteiger partial charge < -0.3 is 19.4 Å². The van der Waals surface area contributed by atoms with Gasteiger partial charge in [-0.2, -0.15) is 5.10 Å². The molecule has 1 aromatic heterocycles. The molecule has 1 aliphatic heterocycles. The highest BCUT2D eigenvalue weighted by Crippen LogP contribution is 2.30. The van der Waals surface area contributed by atoms with Gasteiger partial charge in [0.1, 0.15) is 11.6 Å². The second-order valence-corrected chi connectivity index (χ2v) is 10.8. The zero-order valence-electron chi connectivity index (χ0n) is 24.5. The smallest absolute Gasteiger partial charge is 0.254 e. The molecule has 0 radical (unpaired) electrons. The molecule has 0 aliphatic carbocycles. The summed E-state index contributed by atoms with van der Waals surface area (Å²) in [5, 5.41) is 4.88. The zero-order valence-corrected chi connectivity index (χ0v) is 24.5. The highest BCUT2D eigenvalue weighted by Gasteiger charge is 2.27. The third-order valence-corrected chi connectivity index (χ3v) is 7.70. The molecule has 216 valence electrons. The lowest BCUT2D eigenvalue weighted by atomic mass is 10.0. The van der Waals surface area contributed by atoms with Gasteiger partial charge in [-0.3, -0.25) is 4.79 Å². The minimum atomic E-state index is -0.300. The summed E-state index contributed by atoms with van der Waals surface area (Å²) in [6, 6.07) is 14.6. The van der Waals surface area contributed by atoms with E-state index in [4.69, 9.17) is 9.84 Å². The van der Waals surface area contributed by atoms with Crippen molar-refractivity contribution in [3.05, 3.63) is 76.7 Å². The van der Waals surface area contributed by atoms with Crippen molar-refractivity contribution in [2.75, 3.05) is 58.4 Å². The van der Waals surface area contributed by atoms with E-state index in [0.717, 1.165) is 62.5 Å². The van der Waals surface area contributed by atoms with E-state index in [1.165, 1.54) is 30.5 Å². The zero-order chi connectivity index (χ0) is 28.5. The topological polar surface area (TPSA) is 53.8 Å². The van der Waals surface area contributed by atoms with Gasteiger partial charge in [-0.15, -0.1) is 0 Å². The summed E-state index contributed by atoms with van der Waals surface area (Å²) >= 11 is 0. The first-order valence-electron chi connectivity index (χ1n) is 14.6. The first kappa shape index (κ1) is 29.7. The average Bonchev–Trinajstić information content (AvgIpc) is 3.28. The van der Waals surface area contributed by atoms with Crippen LogP contribution >= 0.6 is 0 Å². The Bertz CT molecular complexity index is 1230. The summed E-state index contributed by atoms with van der Waals surface area (Å²) in [6.07, 6.45) is 5.34. The molecular formula is C32H44FN5O2. The van der Waals surface area contributed by atoms with Gasteiger partial charge in [0.25, 0.3) is 5.91 Å². The van der Waals surface area contributed by atoms with Crippen LogP contribution in [-0.4, -0.2) is 79.0 Å². The predicted molar refractivity (Wildman–Crippen MR) is 159 cm³/mol. The Morgan fingerprint density at radius 3 is 2.48 bits per heavy atom. The number of nitrogens with zero attached hydrogens (tertiary/aromatic N) is 5. The second kappa shape index (κ2) is 14.4. The van der Waals surface area contributed by atoms with Gasteiger partial charge in [-0.25, -0.2) is 9.07 Å². The van der Waals surface area contributed by atoms with Crippen molar-refractivity contribution in [1.29, 1.82) is 0 Å². The largest absolute Gasteiger partial charge is 0.385 e. The van der Waals surface area contributed by atoms with Crippen LogP contribution in [0.3, 0.4) is 0 Å². The molecule has 0 bridgehead atoms. The monoisotopic (exact) mass is 549 g/mol. The van der Waals surface area contributed by atoms with E-state index in [1.807, 2.05) is 34.7 Å². The quantitative estimate of drug-likeness (QED) is 0.264. The molecule has 1 aliphatic rings. The molecule has 0 spiro atoms. The summed E-state index contributed by atoms with van der Waals surface area (Å²) < 4.78 is 21.4. The molecule has 2 aromatic carbocycles. The number of likely N-dealkylation sites (N-methyl/N-ethyl adjacent to an activating group) is 1. The molecule has 0 N–H and O–H groups in total. The number of amides is 1. The van der Waals surface area contributed by atoms with Crippen molar-refractivity contribution < 1.29 is 13.9 Å². The number of ether oxygens (including phenoxy) is 1. The van der Waals surface area contributed by atoms with E-state index in [9.17, 15) is 9.18 Å². The number of anilines is 1. The summed E-state index contributed by atoms with van der Waals surface area (Å²) in [4.78, 5) is 20.4. The Hall–Kier alpha value is -3.23. The molecule has 1 fully saturated rings. The van der Waals surface area contributed by atoms with Crippen molar-refractivity contribution >= 4 is 11.7 Å². The van der Waals surface area contributed by atoms with Crippen molar-refractivity contribution in [2.24, 2.45) is 0 Å². The van der Waals surface area contributed by atoms with Crippen LogP contribution in [0.5, 0.6) is 0 Å². The number of halogens is 1. The van der Waals surface area contributed by atoms with Gasteiger partial charge >= 0.3 is 0 Å². The summed E-state index contributed by atoms with van der Waals surface area (Å²) in [5.74, 6) is 0.636. The minimum Gasteiger partial charge on any atom is -0.385 e. The SMILES string of the molecule is CCCCCc1ccc(C(=O)N(CCCOC)Cc2c(C)nn(-c3cccc(F)c3)c2N2CCN(C)CC2)cc1. The van der Waals surface area contributed by atoms with E-state index >= 15 is 0 Å². The number of aromatic nitrogens is 2. The lowest BCUT2D eigenvalue weighted by molar-refractivity contribution is 0.0723. The average molecular weight is 550 g/mol. The summed E-state index contributed by atoms with van der Waals surface area (Å²) in [7, 11) is 3.81. The Kier molecular flexibility index (Phi) is 10.7. The molecule has 7 nitrogen and oxygen atoms in total. The molecule has 40 heavy (non-hydrogen) atoms. The number of rotatable bonds is 13. The van der Waals surface area contributed by atoms with E-state index in [2.05, 4.69) is 35.9 Å². The van der Waals surface area contributed by atoms with Crippen LogP contribution < -0.4 is 4.90 Å². The summed E-state index contributed by atoms with van der Waals surface area (Å²) in [6.45, 7) is 9.27. The van der Waals surface area contributed by atoms with Gasteiger partial charge in [0.05, 0.1) is 17.9 Å². The van der Waals surface area contributed by atoms with Crippen molar-refractivity contribution in [3.8, 4) is 5.69 Å². The fourth-order valence-corrected chi connectivity index (χ4v) is 5.28. The summed E-state index contributed by atoms with van der Waals surface area (Å²) in [5.41, 5.74) is 4.47. The fraction of sp³-hybridized carbons (Fsp3) is 0.500. The lowest BCUT2D eigenvalue weighted by Crippen LogP contribution is -2.45. The Labute approximate surface area is 238 Å². The number of unbranched alkanes of at least 4 members (excludes halogenated alkanes) is 2. The van der Waals surface area contributed by atoms with Crippen LogP contribution in [0.1, 0.15) is 59.8 Å². The maximum Gasteiger partial charge on any atom is 0.254 e. The molecule has 0 unspecified atom stereocenters. The van der Waals surface area contributed by atoms with Gasteiger partial charge in [0.2, 0.25) is 0 Å². The van der Waals surface area contributed by atoms with E-state index in [-0.39, 0.29) is 11.7 Å². The highest BCUT2D eigenvalue weighted by atomic mass is 19.1. The second-order valence-electron chi connectivity index (χ2n) is 10.8. The van der Waals surface area contributed by atoms with Crippen molar-refractivity contribution in [1.82, 2.24) is 19.6 Å². The number of aryl methyl sites for hydroxylation is 2. The fourth-order valence-electron chi connectivity index (χ4n) is 5.28. The first-order chi connectivity index (χ1) is 19.4.